The van der Waals surface area contributed by atoms with Gasteiger partial charge in [-0.25, -0.2) is 9.13 Å². The summed E-state index contributed by atoms with van der Waals surface area (Å²) >= 11 is 0. The molecule has 0 saturated heterocycles. The molecule has 0 saturated carbocycles. The van der Waals surface area contributed by atoms with Gasteiger partial charge in [0, 0.05) is 19.3 Å². The Morgan fingerprint density at radius 2 is 0.514 bits per heavy atom. The van der Waals surface area contributed by atoms with Crippen LogP contribution in [0.2, 0.25) is 0 Å². The fraction of sp³-hybridized carbons (Fsp3) is 0.621. The van der Waals surface area contributed by atoms with Gasteiger partial charge in [0.05, 0.1) is 26.4 Å². The van der Waals surface area contributed by atoms with Crippen LogP contribution in [0.4, 0.5) is 0 Å². The molecule has 0 rings (SSSR count). The third-order valence-electron chi connectivity index (χ3n) is 16.1. The van der Waals surface area contributed by atoms with Crippen LogP contribution >= 0.6 is 15.6 Å². The van der Waals surface area contributed by atoms with Gasteiger partial charge in [0.25, 0.3) is 0 Å². The lowest BCUT2D eigenvalue weighted by Gasteiger charge is -2.21. The van der Waals surface area contributed by atoms with Crippen LogP contribution in [0.3, 0.4) is 0 Å². The van der Waals surface area contributed by atoms with Gasteiger partial charge in [-0.3, -0.25) is 32.5 Å². The van der Waals surface area contributed by atoms with E-state index < -0.39 is 91.5 Å². The van der Waals surface area contributed by atoms with Crippen molar-refractivity contribution < 1.29 is 75.8 Å². The molecule has 18 heteroatoms. The molecule has 0 heterocycles. The van der Waals surface area contributed by atoms with Crippen molar-refractivity contribution in [1.29, 1.82) is 0 Å². The molecule has 0 fully saturated rings. The lowest BCUT2D eigenvalue weighted by atomic mass is 10.0. The molecule has 16 nitrogen and oxygen atoms in total. The zero-order chi connectivity index (χ0) is 76.6. The molecular formula is C87H142O16P2. The molecule has 0 aromatic heterocycles. The van der Waals surface area contributed by atoms with Crippen LogP contribution in [-0.2, 0) is 55.8 Å². The Bertz CT molecular complexity index is 2640. The number of aliphatic hydroxyl groups is 2. The van der Waals surface area contributed by atoms with Gasteiger partial charge >= 0.3 is 33.6 Å². The highest BCUT2D eigenvalue weighted by atomic mass is 31.2. The van der Waals surface area contributed by atoms with Crippen molar-refractivity contribution in [2.45, 2.75) is 309 Å². The summed E-state index contributed by atoms with van der Waals surface area (Å²) < 4.78 is 61.1. The third-order valence-corrected chi connectivity index (χ3v) is 18.0. The molecule has 0 aliphatic heterocycles. The van der Waals surface area contributed by atoms with Crippen molar-refractivity contribution in [3.8, 4) is 0 Å². The van der Waals surface area contributed by atoms with E-state index in [4.69, 9.17) is 32.3 Å². The lowest BCUT2D eigenvalue weighted by molar-refractivity contribution is -0.161. The number of aliphatic hydroxyl groups excluding tert-OH is 2. The molecule has 0 radical (unpaired) electrons. The molecule has 0 amide bonds. The largest absolute Gasteiger partial charge is 0.472 e. The Morgan fingerprint density at radius 1 is 0.276 bits per heavy atom. The number of allylic oxidation sites excluding steroid dienone is 30. The summed E-state index contributed by atoms with van der Waals surface area (Å²) in [5.74, 6) is -1.69. The number of hydrogen-bond donors (Lipinski definition) is 4. The summed E-state index contributed by atoms with van der Waals surface area (Å²) in [5.41, 5.74) is 0. The first-order valence-corrected chi connectivity index (χ1v) is 43.1. The molecule has 4 N–H and O–H groups in total. The molecular weight excluding hydrogens is 1360 g/mol. The fourth-order valence-electron chi connectivity index (χ4n) is 10.1. The van der Waals surface area contributed by atoms with E-state index in [1.165, 1.54) is 83.5 Å². The predicted octanol–water partition coefficient (Wildman–Crippen LogP) is 23.8. The fourth-order valence-corrected chi connectivity index (χ4v) is 11.6. The second kappa shape index (κ2) is 78.2. The molecule has 0 spiro atoms. The monoisotopic (exact) mass is 1500 g/mol. The Labute approximate surface area is 636 Å². The van der Waals surface area contributed by atoms with Gasteiger partial charge < -0.3 is 34.2 Å². The first-order valence-electron chi connectivity index (χ1n) is 40.1. The van der Waals surface area contributed by atoms with E-state index in [0.29, 0.717) is 25.7 Å². The first-order chi connectivity index (χ1) is 51.2. The van der Waals surface area contributed by atoms with E-state index in [0.717, 1.165) is 141 Å². The highest BCUT2D eigenvalue weighted by Crippen LogP contribution is 2.45. The average molecular weight is 1510 g/mol. The van der Waals surface area contributed by atoms with E-state index in [2.05, 4.69) is 191 Å². The molecule has 5 atom stereocenters. The highest BCUT2D eigenvalue weighted by Gasteiger charge is 2.29. The molecule has 0 bridgehead atoms. The normalized spacial score (nSPS) is 14.9. The Kier molecular flexibility index (Phi) is 74.3. The van der Waals surface area contributed by atoms with Gasteiger partial charge in [-0.15, -0.1) is 0 Å². The number of rotatable bonds is 74. The summed E-state index contributed by atoms with van der Waals surface area (Å²) in [4.78, 5) is 58.7. The van der Waals surface area contributed by atoms with Gasteiger partial charge in [-0.1, -0.05) is 299 Å². The molecule has 0 aliphatic rings. The van der Waals surface area contributed by atoms with E-state index >= 15 is 0 Å². The number of unbranched alkanes of at least 4 members (excludes halogenated alkanes) is 21. The SMILES string of the molecule is CC/C=C\C/C=C\C/C=C\C/C=C\C/C=C\C/C=C\CCCCCCC(=O)OCC(COP(=O)(O)OCC(O)COP(=O)(O)OCC(O)COC(=O)CCCCCCCCCCCCCCC/C=C\C/C=C\C/C=C\C/C=C\CCCCC)OC(=O)CCC/C=C\C/C=C\C/C=C\C/C=C\C/C=C\CC. The van der Waals surface area contributed by atoms with Gasteiger partial charge in [0.1, 0.15) is 25.4 Å². The topological polar surface area (TPSA) is 231 Å². The van der Waals surface area contributed by atoms with Crippen LogP contribution < -0.4 is 0 Å². The van der Waals surface area contributed by atoms with Gasteiger partial charge in [-0.2, -0.15) is 0 Å². The second-order valence-electron chi connectivity index (χ2n) is 26.1. The van der Waals surface area contributed by atoms with Crippen LogP contribution in [0.5, 0.6) is 0 Å². The number of ether oxygens (including phenoxy) is 3. The Morgan fingerprint density at radius 3 is 0.829 bits per heavy atom. The standard InChI is InChI=1S/C87H142O16P2/c1-4-7-10-13-16-19-22-25-28-31-33-35-37-38-39-40-41-42-44-46-47-50-52-55-58-61-64-67-70-73-85(90)97-76-82(88)77-99-104(93,94)100-78-83(89)79-101-105(95,96)102-81-84(103-87(92)75-72-69-66-63-60-57-54-49-30-27-24-21-18-15-12-9-6-3)80-98-86(91)74-71-68-65-62-59-56-53-51-48-45-43-36-34-32-29-26-23-20-17-14-11-8-5-2/h8-9,11-12,16-21,25-30,33-36,38-39,45,48,53-54,56-57,63,66,82-84,88-89H,4-7,10,13-15,22-24,31-32,37,40-44,46-47,49-52,55,58-62,64-65,67-81H2,1-3H3,(H,93,94)(H,95,96)/b11-8-,12-9-,19-16-,20-17-,21-18-,28-25-,29-26-,30-27-,35-33-,36-34-,39-38-,48-45-,56-53-,57-54-,66-63-. The zero-order valence-electron chi connectivity index (χ0n) is 65.1. The van der Waals surface area contributed by atoms with Gasteiger partial charge in [0.15, 0.2) is 6.10 Å². The number of carbonyl (C=O) groups excluding carboxylic acids is 3. The van der Waals surface area contributed by atoms with Crippen molar-refractivity contribution in [3.63, 3.8) is 0 Å². The van der Waals surface area contributed by atoms with Crippen molar-refractivity contribution in [3.05, 3.63) is 182 Å². The summed E-state index contributed by atoms with van der Waals surface area (Å²) in [6.07, 6.45) is 101. The summed E-state index contributed by atoms with van der Waals surface area (Å²) in [7, 11) is -9.83. The molecule has 0 aliphatic carbocycles. The predicted molar refractivity (Wildman–Crippen MR) is 435 cm³/mol. The van der Waals surface area contributed by atoms with Crippen molar-refractivity contribution in [2.24, 2.45) is 0 Å². The van der Waals surface area contributed by atoms with E-state index in [1.54, 1.807) is 0 Å². The van der Waals surface area contributed by atoms with E-state index in [9.17, 15) is 43.5 Å². The number of phosphoric ester groups is 2. The molecule has 0 aromatic rings. The minimum atomic E-state index is -4.96. The highest BCUT2D eigenvalue weighted by molar-refractivity contribution is 7.47. The molecule has 596 valence electrons. The van der Waals surface area contributed by atoms with Gasteiger partial charge in [0.2, 0.25) is 0 Å². The van der Waals surface area contributed by atoms with Crippen LogP contribution in [0.15, 0.2) is 182 Å². The van der Waals surface area contributed by atoms with Crippen molar-refractivity contribution in [2.75, 3.05) is 39.6 Å². The third kappa shape index (κ3) is 79.5. The maximum atomic E-state index is 13.0. The van der Waals surface area contributed by atoms with Crippen molar-refractivity contribution in [1.82, 2.24) is 0 Å². The molecule has 0 aromatic carbocycles. The lowest BCUT2D eigenvalue weighted by Crippen LogP contribution is -2.30. The average Bonchev–Trinajstić information content (AvgIpc) is 0.913. The summed E-state index contributed by atoms with van der Waals surface area (Å²) in [6.45, 7) is 2.31. The molecule has 105 heavy (non-hydrogen) atoms. The van der Waals surface area contributed by atoms with Crippen LogP contribution in [0.1, 0.15) is 290 Å². The zero-order valence-corrected chi connectivity index (χ0v) is 66.9. The quantitative estimate of drug-likeness (QED) is 0.0146. The Balaban J connectivity index is 4.65. The van der Waals surface area contributed by atoms with Gasteiger partial charge in [-0.05, 0) is 154 Å². The number of esters is 3. The smallest absolute Gasteiger partial charge is 0.463 e. The summed E-state index contributed by atoms with van der Waals surface area (Å²) in [5, 5.41) is 20.6. The maximum absolute atomic E-state index is 13.0. The van der Waals surface area contributed by atoms with E-state index in [1.807, 2.05) is 12.2 Å². The number of hydrogen-bond acceptors (Lipinski definition) is 14. The van der Waals surface area contributed by atoms with Crippen LogP contribution in [-0.4, -0.2) is 95.9 Å². The minimum Gasteiger partial charge on any atom is -0.463 e. The van der Waals surface area contributed by atoms with Crippen molar-refractivity contribution >= 4 is 33.6 Å². The van der Waals surface area contributed by atoms with Crippen LogP contribution in [0.25, 0.3) is 0 Å². The number of phosphoric acid groups is 2. The first kappa shape index (κ1) is 99.7. The molecule has 5 unspecified atom stereocenters. The summed E-state index contributed by atoms with van der Waals surface area (Å²) in [6, 6.07) is 0. The van der Waals surface area contributed by atoms with E-state index in [-0.39, 0.29) is 19.3 Å². The number of carbonyl (C=O) groups is 3. The minimum absolute atomic E-state index is 0.0128. The van der Waals surface area contributed by atoms with Crippen LogP contribution in [0, 0.1) is 0 Å². The maximum Gasteiger partial charge on any atom is 0.472 e. The Hall–Kier alpha value is -5.35. The second-order valence-corrected chi connectivity index (χ2v) is 29.0.